The molecule has 0 fully saturated rings. The predicted octanol–water partition coefficient (Wildman–Crippen LogP) is 4.29. The van der Waals surface area contributed by atoms with E-state index < -0.39 is 55.7 Å². The zero-order chi connectivity index (χ0) is 27.6. The first-order valence-electron chi connectivity index (χ1n) is 11.2. The molecule has 0 aliphatic heterocycles. The van der Waals surface area contributed by atoms with E-state index >= 15 is 0 Å². The van der Waals surface area contributed by atoms with Crippen molar-refractivity contribution in [2.24, 2.45) is 0 Å². The molecule has 4 aromatic rings. The van der Waals surface area contributed by atoms with E-state index in [2.05, 4.69) is 14.7 Å². The maximum absolute atomic E-state index is 13.9. The van der Waals surface area contributed by atoms with Crippen molar-refractivity contribution in [3.63, 3.8) is 0 Å². The van der Waals surface area contributed by atoms with Gasteiger partial charge in [-0.05, 0) is 42.8 Å². The van der Waals surface area contributed by atoms with Crippen molar-refractivity contribution in [2.45, 2.75) is 24.3 Å². The summed E-state index contributed by atoms with van der Waals surface area (Å²) in [6.45, 7) is 1.49. The lowest BCUT2D eigenvalue weighted by atomic mass is 9.98. The number of aliphatic carboxylic acids is 1. The van der Waals surface area contributed by atoms with E-state index in [1.807, 2.05) is 0 Å². The zero-order valence-electron chi connectivity index (χ0n) is 19.8. The van der Waals surface area contributed by atoms with Gasteiger partial charge in [0.2, 0.25) is 15.8 Å². The SMILES string of the molecule is CCC(NS(=O)(=O)c1cccc(C(=O)C(=C(O)c2cc(F)cc(F)c2)c2nc3ccccc3[nH]2)c1)C(=O)O. The first-order valence-corrected chi connectivity index (χ1v) is 12.7. The first-order chi connectivity index (χ1) is 18.0. The van der Waals surface area contributed by atoms with E-state index in [-0.39, 0.29) is 23.4 Å². The number of nitrogens with zero attached hydrogens (tertiary/aromatic N) is 1. The van der Waals surface area contributed by atoms with Crippen LogP contribution in [0.3, 0.4) is 0 Å². The average Bonchev–Trinajstić information content (AvgIpc) is 3.30. The molecular weight excluding hydrogens is 520 g/mol. The maximum Gasteiger partial charge on any atom is 0.321 e. The Kier molecular flexibility index (Phi) is 7.37. The molecule has 1 unspecified atom stereocenters. The molecular formula is C26H21F2N3O6S. The smallest absolute Gasteiger partial charge is 0.321 e. The molecule has 3 aromatic carbocycles. The number of rotatable bonds is 9. The van der Waals surface area contributed by atoms with Crippen molar-refractivity contribution in [3.8, 4) is 0 Å². The van der Waals surface area contributed by atoms with Gasteiger partial charge in [-0.2, -0.15) is 4.72 Å². The van der Waals surface area contributed by atoms with Crippen LogP contribution in [0.1, 0.15) is 35.1 Å². The Morgan fingerprint density at radius 3 is 2.29 bits per heavy atom. The Morgan fingerprint density at radius 2 is 1.66 bits per heavy atom. The molecule has 0 amide bonds. The van der Waals surface area contributed by atoms with Crippen LogP contribution < -0.4 is 4.72 Å². The number of carboxylic acids is 1. The molecule has 0 spiro atoms. The molecule has 0 saturated heterocycles. The Morgan fingerprint density at radius 1 is 0.974 bits per heavy atom. The third-order valence-electron chi connectivity index (χ3n) is 5.64. The van der Waals surface area contributed by atoms with Gasteiger partial charge in [-0.25, -0.2) is 22.2 Å². The number of hydrogen-bond donors (Lipinski definition) is 4. The molecule has 1 aromatic heterocycles. The summed E-state index contributed by atoms with van der Waals surface area (Å²) in [6, 6.07) is 12.3. The molecule has 0 saturated carbocycles. The number of imidazole rings is 1. The van der Waals surface area contributed by atoms with Crippen LogP contribution in [0.15, 0.2) is 71.6 Å². The fourth-order valence-corrected chi connectivity index (χ4v) is 5.06. The van der Waals surface area contributed by atoms with Crippen LogP contribution in [0, 0.1) is 11.6 Å². The number of aliphatic hydroxyl groups excluding tert-OH is 1. The third-order valence-corrected chi connectivity index (χ3v) is 7.11. The standard InChI is InChI=1S/C26H21F2N3O6S/c1-2-19(26(34)35)31-38(36,37)18-7-5-6-14(12-18)23(32)22(24(33)15-10-16(27)13-17(28)11-15)25-29-20-8-3-4-9-21(20)30-25/h3-13,19,31,33H,2H2,1H3,(H,29,30)(H,34,35). The second-order valence-corrected chi connectivity index (χ2v) is 9.98. The number of sulfonamides is 1. The summed E-state index contributed by atoms with van der Waals surface area (Å²) in [5.41, 5.74) is -0.0820. The molecule has 4 rings (SSSR count). The highest BCUT2D eigenvalue weighted by atomic mass is 32.2. The number of Topliss-reactive ketones (excluding diaryl/α,β-unsaturated/α-hetero) is 1. The quantitative estimate of drug-likeness (QED) is 0.140. The summed E-state index contributed by atoms with van der Waals surface area (Å²) in [4.78, 5) is 31.8. The van der Waals surface area contributed by atoms with E-state index in [0.29, 0.717) is 17.1 Å². The number of hydrogen-bond acceptors (Lipinski definition) is 6. The van der Waals surface area contributed by atoms with Crippen molar-refractivity contribution in [2.75, 3.05) is 0 Å². The van der Waals surface area contributed by atoms with Crippen LogP contribution in [0.2, 0.25) is 0 Å². The molecule has 12 heteroatoms. The summed E-state index contributed by atoms with van der Waals surface area (Å²) in [7, 11) is -4.35. The molecule has 38 heavy (non-hydrogen) atoms. The maximum atomic E-state index is 13.9. The van der Waals surface area contributed by atoms with E-state index in [0.717, 1.165) is 18.2 Å². The van der Waals surface area contributed by atoms with Crippen LogP contribution in [-0.2, 0) is 14.8 Å². The van der Waals surface area contributed by atoms with Crippen molar-refractivity contribution in [1.29, 1.82) is 0 Å². The van der Waals surface area contributed by atoms with Gasteiger partial charge in [0.1, 0.15) is 34.8 Å². The highest BCUT2D eigenvalue weighted by Crippen LogP contribution is 2.29. The van der Waals surface area contributed by atoms with Crippen molar-refractivity contribution in [1.82, 2.24) is 14.7 Å². The molecule has 196 valence electrons. The Bertz CT molecular complexity index is 1640. The number of aliphatic hydroxyl groups is 1. The summed E-state index contributed by atoms with van der Waals surface area (Å²) < 4.78 is 55.5. The normalized spacial score (nSPS) is 13.2. The number of ketones is 1. The molecule has 4 N–H and O–H groups in total. The van der Waals surface area contributed by atoms with Crippen LogP contribution in [-0.4, -0.2) is 46.4 Å². The summed E-state index contributed by atoms with van der Waals surface area (Å²) in [5, 5.41) is 20.3. The second kappa shape index (κ2) is 10.5. The lowest BCUT2D eigenvalue weighted by Gasteiger charge is -2.14. The highest BCUT2D eigenvalue weighted by Gasteiger charge is 2.27. The number of carboxylic acid groups (broad SMARTS) is 1. The first kappa shape index (κ1) is 26.6. The molecule has 9 nitrogen and oxygen atoms in total. The Balaban J connectivity index is 1.86. The van der Waals surface area contributed by atoms with Gasteiger partial charge in [0.25, 0.3) is 0 Å². The molecule has 1 heterocycles. The van der Waals surface area contributed by atoms with Gasteiger partial charge < -0.3 is 15.2 Å². The Hall–Kier alpha value is -4.42. The number of halogens is 2. The van der Waals surface area contributed by atoms with E-state index in [1.54, 1.807) is 24.3 Å². The fraction of sp³-hybridized carbons (Fsp3) is 0.115. The van der Waals surface area contributed by atoms with Crippen molar-refractivity contribution < 1.29 is 37.0 Å². The largest absolute Gasteiger partial charge is 0.506 e. The number of nitrogens with one attached hydrogen (secondary N) is 2. The number of carbonyl (C=O) groups excluding carboxylic acids is 1. The summed E-state index contributed by atoms with van der Waals surface area (Å²) in [5.74, 6) is -5.19. The zero-order valence-corrected chi connectivity index (χ0v) is 20.6. The van der Waals surface area contributed by atoms with Crippen LogP contribution in [0.5, 0.6) is 0 Å². The molecule has 1 atom stereocenters. The lowest BCUT2D eigenvalue weighted by molar-refractivity contribution is -0.139. The monoisotopic (exact) mass is 541 g/mol. The number of allylic oxidation sites excluding steroid dienone is 1. The van der Waals surface area contributed by atoms with E-state index in [9.17, 15) is 37.0 Å². The van der Waals surface area contributed by atoms with Gasteiger partial charge in [-0.1, -0.05) is 31.2 Å². The molecule has 0 aliphatic rings. The van der Waals surface area contributed by atoms with Crippen LogP contribution >= 0.6 is 0 Å². The molecule has 0 aliphatic carbocycles. The highest BCUT2D eigenvalue weighted by molar-refractivity contribution is 7.89. The second-order valence-electron chi connectivity index (χ2n) is 8.26. The van der Waals surface area contributed by atoms with E-state index in [4.69, 9.17) is 0 Å². The number of aromatic amines is 1. The molecule has 0 bridgehead atoms. The van der Waals surface area contributed by atoms with Crippen molar-refractivity contribution >= 4 is 44.1 Å². The fourth-order valence-electron chi connectivity index (χ4n) is 3.75. The predicted molar refractivity (Wildman–Crippen MR) is 135 cm³/mol. The molecule has 0 radical (unpaired) electrons. The minimum atomic E-state index is -4.35. The minimum absolute atomic E-state index is 0.0236. The summed E-state index contributed by atoms with van der Waals surface area (Å²) >= 11 is 0. The number of carbonyl (C=O) groups is 2. The number of para-hydroxylation sites is 2. The third kappa shape index (κ3) is 5.45. The van der Waals surface area contributed by atoms with Crippen molar-refractivity contribution in [3.05, 3.63) is 95.3 Å². The minimum Gasteiger partial charge on any atom is -0.506 e. The van der Waals surface area contributed by atoms with Gasteiger partial charge in [-0.15, -0.1) is 0 Å². The lowest BCUT2D eigenvalue weighted by Crippen LogP contribution is -2.40. The van der Waals surface area contributed by atoms with Crippen LogP contribution in [0.4, 0.5) is 8.78 Å². The number of H-pyrrole nitrogens is 1. The van der Waals surface area contributed by atoms with Gasteiger partial charge in [0, 0.05) is 17.2 Å². The topological polar surface area (TPSA) is 149 Å². The van der Waals surface area contributed by atoms with Crippen LogP contribution in [0.25, 0.3) is 22.4 Å². The average molecular weight is 542 g/mol. The summed E-state index contributed by atoms with van der Waals surface area (Å²) in [6.07, 6.45) is -0.0236. The van der Waals surface area contributed by atoms with Gasteiger partial charge in [0.05, 0.1) is 15.9 Å². The van der Waals surface area contributed by atoms with Gasteiger partial charge in [-0.3, -0.25) is 9.59 Å². The number of fused-ring (bicyclic) bond motifs is 1. The number of aromatic nitrogens is 2. The van der Waals surface area contributed by atoms with E-state index in [1.165, 1.54) is 25.1 Å². The van der Waals surface area contributed by atoms with Gasteiger partial charge >= 0.3 is 5.97 Å². The Labute approximate surface area is 215 Å². The number of benzene rings is 3. The van der Waals surface area contributed by atoms with Gasteiger partial charge in [0.15, 0.2) is 0 Å².